The van der Waals surface area contributed by atoms with E-state index >= 15 is 0 Å². The normalized spacial score (nSPS) is 19.6. The predicted octanol–water partition coefficient (Wildman–Crippen LogP) is 3.45. The summed E-state index contributed by atoms with van der Waals surface area (Å²) in [5.41, 5.74) is 8.20. The largest absolute Gasteiger partial charge is 0.323 e. The molecule has 0 heterocycles. The zero-order valence-corrected chi connectivity index (χ0v) is 10.9. The van der Waals surface area contributed by atoms with Crippen LogP contribution < -0.4 is 5.73 Å². The lowest BCUT2D eigenvalue weighted by Crippen LogP contribution is -2.39. The van der Waals surface area contributed by atoms with Crippen LogP contribution in [0, 0.1) is 23.7 Å². The molecule has 1 aromatic rings. The smallest absolute Gasteiger partial charge is 0.0766 e. The third-order valence-electron chi connectivity index (χ3n) is 3.64. The molecule has 0 spiro atoms. The number of nitrogens with zero attached hydrogens (tertiary/aromatic N) is 1. The van der Waals surface area contributed by atoms with E-state index in [0.717, 1.165) is 34.9 Å². The van der Waals surface area contributed by atoms with Crippen molar-refractivity contribution in [2.24, 2.45) is 11.1 Å². The Morgan fingerprint density at radius 1 is 1.50 bits per heavy atom. The lowest BCUT2D eigenvalue weighted by atomic mass is 9.63. The Morgan fingerprint density at radius 2 is 2.19 bits per heavy atom. The number of aryl methyl sites for hydroxylation is 1. The maximum atomic E-state index is 9.29. The molecule has 3 heteroatoms. The average molecular weight is 279 g/mol. The van der Waals surface area contributed by atoms with E-state index in [-0.39, 0.29) is 11.5 Å². The second kappa shape index (κ2) is 4.20. The number of nitrogens with two attached hydrogens (primary N) is 1. The lowest BCUT2D eigenvalue weighted by molar-refractivity contribution is 0.168. The summed E-state index contributed by atoms with van der Waals surface area (Å²) in [4.78, 5) is 0. The van der Waals surface area contributed by atoms with Gasteiger partial charge in [-0.3, -0.25) is 0 Å². The van der Waals surface area contributed by atoms with Gasteiger partial charge in [-0.05, 0) is 43.0 Å². The molecular formula is C13H15BrN2. The standard InChI is InChI=1S/C13H15BrN2/c1-9-3-4-10(14)7-11(9)12(16)13(8-15)5-2-6-13/h3-4,7,12H,2,5-6,16H2,1H3. The fourth-order valence-electron chi connectivity index (χ4n) is 2.29. The van der Waals surface area contributed by atoms with E-state index in [1.807, 2.05) is 25.1 Å². The zero-order chi connectivity index (χ0) is 11.8. The minimum atomic E-state index is -0.328. The van der Waals surface area contributed by atoms with Crippen molar-refractivity contribution in [2.75, 3.05) is 0 Å². The highest BCUT2D eigenvalue weighted by molar-refractivity contribution is 9.10. The van der Waals surface area contributed by atoms with E-state index in [1.165, 1.54) is 0 Å². The van der Waals surface area contributed by atoms with Gasteiger partial charge in [-0.2, -0.15) is 5.26 Å². The van der Waals surface area contributed by atoms with Crippen molar-refractivity contribution in [3.63, 3.8) is 0 Å². The van der Waals surface area contributed by atoms with Crippen LogP contribution in [0.25, 0.3) is 0 Å². The summed E-state index contributed by atoms with van der Waals surface area (Å²) in [6.45, 7) is 2.05. The van der Waals surface area contributed by atoms with E-state index in [1.54, 1.807) is 0 Å². The maximum Gasteiger partial charge on any atom is 0.0766 e. The first-order chi connectivity index (χ1) is 7.59. The molecule has 0 radical (unpaired) electrons. The number of nitriles is 1. The van der Waals surface area contributed by atoms with Gasteiger partial charge in [0.2, 0.25) is 0 Å². The Hall–Kier alpha value is -0.850. The van der Waals surface area contributed by atoms with Gasteiger partial charge in [0.1, 0.15) is 0 Å². The zero-order valence-electron chi connectivity index (χ0n) is 9.33. The summed E-state index contributed by atoms with van der Waals surface area (Å²) in [6, 6.07) is 8.35. The Bertz CT molecular complexity index is 444. The summed E-state index contributed by atoms with van der Waals surface area (Å²) in [5.74, 6) is 0. The van der Waals surface area contributed by atoms with Gasteiger partial charge in [-0.25, -0.2) is 0 Å². The fourth-order valence-corrected chi connectivity index (χ4v) is 2.67. The molecule has 2 N–H and O–H groups in total. The third-order valence-corrected chi connectivity index (χ3v) is 4.13. The van der Waals surface area contributed by atoms with Crippen LogP contribution in [0.1, 0.15) is 36.4 Å². The molecular weight excluding hydrogens is 264 g/mol. The Labute approximate surface area is 105 Å². The number of halogens is 1. The summed E-state index contributed by atoms with van der Waals surface area (Å²) in [5, 5.41) is 9.29. The van der Waals surface area contributed by atoms with Crippen molar-refractivity contribution in [3.8, 4) is 6.07 Å². The van der Waals surface area contributed by atoms with Crippen molar-refractivity contribution >= 4 is 15.9 Å². The maximum absolute atomic E-state index is 9.29. The first-order valence-electron chi connectivity index (χ1n) is 5.52. The molecule has 1 unspecified atom stereocenters. The Balaban J connectivity index is 2.37. The van der Waals surface area contributed by atoms with Crippen LogP contribution in [0.2, 0.25) is 0 Å². The summed E-state index contributed by atoms with van der Waals surface area (Å²) < 4.78 is 1.02. The highest BCUT2D eigenvalue weighted by Crippen LogP contribution is 2.49. The molecule has 2 rings (SSSR count). The van der Waals surface area contributed by atoms with Crippen molar-refractivity contribution in [1.82, 2.24) is 0 Å². The minimum Gasteiger partial charge on any atom is -0.323 e. The van der Waals surface area contributed by atoms with Crippen molar-refractivity contribution in [2.45, 2.75) is 32.2 Å². The lowest BCUT2D eigenvalue weighted by Gasteiger charge is -2.40. The second-order valence-electron chi connectivity index (χ2n) is 4.60. The number of rotatable bonds is 2. The van der Waals surface area contributed by atoms with Gasteiger partial charge in [-0.1, -0.05) is 28.4 Å². The summed E-state index contributed by atoms with van der Waals surface area (Å²) >= 11 is 3.45. The van der Waals surface area contributed by atoms with Crippen molar-refractivity contribution in [1.29, 1.82) is 5.26 Å². The van der Waals surface area contributed by atoms with E-state index in [0.29, 0.717) is 0 Å². The van der Waals surface area contributed by atoms with E-state index in [9.17, 15) is 5.26 Å². The Kier molecular flexibility index (Phi) is 3.05. The monoisotopic (exact) mass is 278 g/mol. The van der Waals surface area contributed by atoms with Gasteiger partial charge in [0, 0.05) is 10.5 Å². The van der Waals surface area contributed by atoms with Gasteiger partial charge in [0.15, 0.2) is 0 Å². The van der Waals surface area contributed by atoms with Crippen LogP contribution in [0.4, 0.5) is 0 Å². The SMILES string of the molecule is Cc1ccc(Br)cc1C(N)C1(C#N)CCC1. The summed E-state index contributed by atoms with van der Waals surface area (Å²) in [6.07, 6.45) is 2.97. The first kappa shape index (κ1) is 11.6. The molecule has 0 aliphatic heterocycles. The molecule has 0 amide bonds. The number of benzene rings is 1. The molecule has 1 aliphatic rings. The van der Waals surface area contributed by atoms with E-state index in [4.69, 9.17) is 5.73 Å². The van der Waals surface area contributed by atoms with Gasteiger partial charge in [0.25, 0.3) is 0 Å². The highest BCUT2D eigenvalue weighted by Gasteiger charge is 2.43. The van der Waals surface area contributed by atoms with E-state index < -0.39 is 0 Å². The number of hydrogen-bond acceptors (Lipinski definition) is 2. The molecule has 1 aliphatic carbocycles. The van der Waals surface area contributed by atoms with Crippen LogP contribution in [0.5, 0.6) is 0 Å². The van der Waals surface area contributed by atoms with E-state index in [2.05, 4.69) is 22.0 Å². The molecule has 1 aromatic carbocycles. The Morgan fingerprint density at radius 3 is 2.69 bits per heavy atom. The van der Waals surface area contributed by atoms with Crippen LogP contribution >= 0.6 is 15.9 Å². The topological polar surface area (TPSA) is 49.8 Å². The number of hydrogen-bond donors (Lipinski definition) is 1. The highest BCUT2D eigenvalue weighted by atomic mass is 79.9. The minimum absolute atomic E-state index is 0.163. The molecule has 1 saturated carbocycles. The van der Waals surface area contributed by atoms with Crippen molar-refractivity contribution < 1.29 is 0 Å². The molecule has 0 saturated heterocycles. The van der Waals surface area contributed by atoms with Crippen LogP contribution in [-0.4, -0.2) is 0 Å². The quantitative estimate of drug-likeness (QED) is 0.901. The van der Waals surface area contributed by atoms with Gasteiger partial charge in [0.05, 0.1) is 11.5 Å². The first-order valence-corrected chi connectivity index (χ1v) is 6.31. The van der Waals surface area contributed by atoms with Crippen molar-refractivity contribution in [3.05, 3.63) is 33.8 Å². The molecule has 0 aromatic heterocycles. The second-order valence-corrected chi connectivity index (χ2v) is 5.52. The molecule has 1 atom stereocenters. The molecule has 1 fully saturated rings. The van der Waals surface area contributed by atoms with Crippen LogP contribution in [-0.2, 0) is 0 Å². The van der Waals surface area contributed by atoms with Gasteiger partial charge >= 0.3 is 0 Å². The van der Waals surface area contributed by atoms with Crippen LogP contribution in [0.15, 0.2) is 22.7 Å². The third kappa shape index (κ3) is 1.77. The average Bonchev–Trinajstić information content (AvgIpc) is 2.21. The van der Waals surface area contributed by atoms with Gasteiger partial charge in [-0.15, -0.1) is 0 Å². The van der Waals surface area contributed by atoms with Crippen LogP contribution in [0.3, 0.4) is 0 Å². The molecule has 84 valence electrons. The summed E-state index contributed by atoms with van der Waals surface area (Å²) in [7, 11) is 0. The molecule has 2 nitrogen and oxygen atoms in total. The molecule has 16 heavy (non-hydrogen) atoms. The predicted molar refractivity (Wildman–Crippen MR) is 67.7 cm³/mol. The molecule has 0 bridgehead atoms. The fraction of sp³-hybridized carbons (Fsp3) is 0.462. The van der Waals surface area contributed by atoms with Gasteiger partial charge < -0.3 is 5.73 Å².